The van der Waals surface area contributed by atoms with Crippen molar-refractivity contribution in [1.82, 2.24) is 5.32 Å². The van der Waals surface area contributed by atoms with E-state index in [0.29, 0.717) is 5.39 Å². The number of nitrogens with one attached hydrogen (secondary N) is 1. The van der Waals surface area contributed by atoms with E-state index in [1.807, 2.05) is 12.1 Å². The molecule has 0 radical (unpaired) electrons. The second-order valence-corrected chi connectivity index (χ2v) is 3.59. The monoisotopic (exact) mass is 229 g/mol. The molecule has 0 saturated carbocycles. The number of benzene rings is 2. The molecule has 4 nitrogen and oxygen atoms in total. The van der Waals surface area contributed by atoms with Crippen molar-refractivity contribution >= 4 is 22.6 Å². The minimum absolute atomic E-state index is 0.0167. The maximum Gasteiger partial charge on any atom is 0.336 e. The molecule has 0 aliphatic carbocycles. The van der Waals surface area contributed by atoms with Crippen LogP contribution in [0.2, 0.25) is 0 Å². The van der Waals surface area contributed by atoms with Crippen molar-refractivity contribution in [2.24, 2.45) is 0 Å². The van der Waals surface area contributed by atoms with Crippen LogP contribution in [0.15, 0.2) is 36.4 Å². The summed E-state index contributed by atoms with van der Waals surface area (Å²) < 4.78 is 0. The molecule has 2 rings (SSSR count). The Balaban J connectivity index is 2.84. The number of amides is 1. The summed E-state index contributed by atoms with van der Waals surface area (Å²) in [6.07, 6.45) is 0. The van der Waals surface area contributed by atoms with Crippen molar-refractivity contribution in [3.63, 3.8) is 0 Å². The molecule has 0 aliphatic heterocycles. The first-order valence-electron chi connectivity index (χ1n) is 5.12. The van der Waals surface area contributed by atoms with Crippen LogP contribution in [0.4, 0.5) is 0 Å². The number of aromatic carboxylic acids is 1. The quantitative estimate of drug-likeness (QED) is 0.826. The number of carbonyl (C=O) groups is 2. The van der Waals surface area contributed by atoms with Crippen LogP contribution in [-0.2, 0) is 0 Å². The number of rotatable bonds is 2. The first-order chi connectivity index (χ1) is 8.15. The van der Waals surface area contributed by atoms with Gasteiger partial charge < -0.3 is 10.4 Å². The topological polar surface area (TPSA) is 66.4 Å². The Kier molecular flexibility index (Phi) is 2.78. The molecule has 0 bridgehead atoms. The fourth-order valence-electron chi connectivity index (χ4n) is 1.82. The van der Waals surface area contributed by atoms with Crippen LogP contribution in [0.5, 0.6) is 0 Å². The highest BCUT2D eigenvalue weighted by atomic mass is 16.4. The number of carboxylic acid groups (broad SMARTS) is 1. The number of hydrogen-bond acceptors (Lipinski definition) is 2. The predicted molar refractivity (Wildman–Crippen MR) is 64.3 cm³/mol. The van der Waals surface area contributed by atoms with Crippen LogP contribution in [0.25, 0.3) is 10.8 Å². The van der Waals surface area contributed by atoms with E-state index >= 15 is 0 Å². The van der Waals surface area contributed by atoms with Crippen molar-refractivity contribution in [3.05, 3.63) is 47.5 Å². The SMILES string of the molecule is CNC(=O)c1c(C(=O)O)ccc2ccccc12. The highest BCUT2D eigenvalue weighted by Crippen LogP contribution is 2.22. The Morgan fingerprint density at radius 2 is 1.82 bits per heavy atom. The summed E-state index contributed by atoms with van der Waals surface area (Å²) in [4.78, 5) is 22.9. The minimum Gasteiger partial charge on any atom is -0.478 e. The first kappa shape index (κ1) is 11.1. The highest BCUT2D eigenvalue weighted by Gasteiger charge is 2.18. The van der Waals surface area contributed by atoms with E-state index in [2.05, 4.69) is 5.32 Å². The van der Waals surface area contributed by atoms with Gasteiger partial charge in [0.05, 0.1) is 11.1 Å². The fraction of sp³-hybridized carbons (Fsp3) is 0.0769. The van der Waals surface area contributed by atoms with Gasteiger partial charge in [0, 0.05) is 7.05 Å². The third-order valence-corrected chi connectivity index (χ3v) is 2.61. The molecule has 0 aliphatic rings. The van der Waals surface area contributed by atoms with Gasteiger partial charge in [0.15, 0.2) is 0 Å². The van der Waals surface area contributed by atoms with Crippen LogP contribution in [0.3, 0.4) is 0 Å². The summed E-state index contributed by atoms with van der Waals surface area (Å²) >= 11 is 0. The van der Waals surface area contributed by atoms with E-state index in [1.165, 1.54) is 13.1 Å². The van der Waals surface area contributed by atoms with Crippen molar-refractivity contribution in [3.8, 4) is 0 Å². The zero-order valence-electron chi connectivity index (χ0n) is 9.23. The molecular weight excluding hydrogens is 218 g/mol. The standard InChI is InChI=1S/C13H11NO3/c1-14-12(15)11-9-5-3-2-4-8(9)6-7-10(11)13(16)17/h2-7H,1H3,(H,14,15)(H,16,17). The fourth-order valence-corrected chi connectivity index (χ4v) is 1.82. The summed E-state index contributed by atoms with van der Waals surface area (Å²) in [6.45, 7) is 0. The third-order valence-electron chi connectivity index (χ3n) is 2.61. The van der Waals surface area contributed by atoms with Crippen molar-refractivity contribution in [2.45, 2.75) is 0 Å². The zero-order chi connectivity index (χ0) is 12.4. The average Bonchev–Trinajstić information content (AvgIpc) is 2.36. The van der Waals surface area contributed by atoms with Gasteiger partial charge in [-0.2, -0.15) is 0 Å². The van der Waals surface area contributed by atoms with E-state index in [1.54, 1.807) is 18.2 Å². The van der Waals surface area contributed by atoms with Crippen LogP contribution >= 0.6 is 0 Å². The van der Waals surface area contributed by atoms with Gasteiger partial charge in [-0.25, -0.2) is 4.79 Å². The smallest absolute Gasteiger partial charge is 0.336 e. The summed E-state index contributed by atoms with van der Waals surface area (Å²) in [5.41, 5.74) is 0.223. The Hall–Kier alpha value is -2.36. The molecule has 0 atom stereocenters. The molecule has 0 unspecified atom stereocenters. The summed E-state index contributed by atoms with van der Waals surface area (Å²) in [5.74, 6) is -1.49. The van der Waals surface area contributed by atoms with Crippen molar-refractivity contribution in [2.75, 3.05) is 7.05 Å². The van der Waals surface area contributed by atoms with Gasteiger partial charge in [0.25, 0.3) is 5.91 Å². The lowest BCUT2D eigenvalue weighted by Gasteiger charge is -2.08. The highest BCUT2D eigenvalue weighted by molar-refractivity contribution is 6.14. The summed E-state index contributed by atoms with van der Waals surface area (Å²) in [7, 11) is 1.48. The van der Waals surface area contributed by atoms with Gasteiger partial charge >= 0.3 is 5.97 Å². The van der Waals surface area contributed by atoms with Gasteiger partial charge in [0.1, 0.15) is 0 Å². The molecule has 0 spiro atoms. The second kappa shape index (κ2) is 4.25. The Bertz CT molecular complexity index is 605. The predicted octanol–water partition coefficient (Wildman–Crippen LogP) is 1.90. The molecule has 17 heavy (non-hydrogen) atoms. The third kappa shape index (κ3) is 1.85. The number of hydrogen-bond donors (Lipinski definition) is 2. The van der Waals surface area contributed by atoms with Gasteiger partial charge in [-0.05, 0) is 16.8 Å². The molecule has 0 heterocycles. The molecular formula is C13H11NO3. The van der Waals surface area contributed by atoms with Crippen LogP contribution in [-0.4, -0.2) is 24.0 Å². The van der Waals surface area contributed by atoms with Gasteiger partial charge in [-0.3, -0.25) is 4.79 Å². The molecule has 0 aromatic heterocycles. The molecule has 0 fully saturated rings. The van der Waals surface area contributed by atoms with Gasteiger partial charge in [-0.1, -0.05) is 30.3 Å². The van der Waals surface area contributed by atoms with Crippen molar-refractivity contribution in [1.29, 1.82) is 0 Å². The molecule has 1 amide bonds. The average molecular weight is 229 g/mol. The van der Waals surface area contributed by atoms with Crippen molar-refractivity contribution < 1.29 is 14.7 Å². The van der Waals surface area contributed by atoms with E-state index < -0.39 is 5.97 Å². The lowest BCUT2D eigenvalue weighted by molar-refractivity contribution is 0.0691. The molecule has 86 valence electrons. The maximum atomic E-state index is 11.8. The molecule has 4 heteroatoms. The number of fused-ring (bicyclic) bond motifs is 1. The van der Waals surface area contributed by atoms with E-state index in [4.69, 9.17) is 5.11 Å². The Morgan fingerprint density at radius 3 is 2.47 bits per heavy atom. The van der Waals surface area contributed by atoms with E-state index in [9.17, 15) is 9.59 Å². The molecule has 2 aromatic rings. The first-order valence-corrected chi connectivity index (χ1v) is 5.12. The van der Waals surface area contributed by atoms with E-state index in [-0.39, 0.29) is 17.0 Å². The molecule has 0 saturated heterocycles. The van der Waals surface area contributed by atoms with E-state index in [0.717, 1.165) is 5.39 Å². The summed E-state index contributed by atoms with van der Waals surface area (Å²) in [5, 5.41) is 13.0. The summed E-state index contributed by atoms with van der Waals surface area (Å²) in [6, 6.07) is 10.4. The lowest BCUT2D eigenvalue weighted by Crippen LogP contribution is -2.21. The van der Waals surface area contributed by atoms with Gasteiger partial charge in [0.2, 0.25) is 0 Å². The Morgan fingerprint density at radius 1 is 1.12 bits per heavy atom. The Labute approximate surface area is 97.9 Å². The van der Waals surface area contributed by atoms with Crippen LogP contribution in [0, 0.1) is 0 Å². The van der Waals surface area contributed by atoms with Crippen LogP contribution < -0.4 is 5.32 Å². The lowest BCUT2D eigenvalue weighted by atomic mass is 9.98. The maximum absolute atomic E-state index is 11.8. The van der Waals surface area contributed by atoms with Crippen LogP contribution in [0.1, 0.15) is 20.7 Å². The largest absolute Gasteiger partial charge is 0.478 e. The second-order valence-electron chi connectivity index (χ2n) is 3.59. The zero-order valence-corrected chi connectivity index (χ0v) is 9.23. The van der Waals surface area contributed by atoms with Gasteiger partial charge in [-0.15, -0.1) is 0 Å². The normalized spacial score (nSPS) is 10.2. The number of carboxylic acids is 1. The minimum atomic E-state index is -1.10. The number of carbonyl (C=O) groups excluding carboxylic acids is 1. The molecule has 2 N–H and O–H groups in total. The molecule has 2 aromatic carbocycles.